The molecule has 19 heavy (non-hydrogen) atoms. The highest BCUT2D eigenvalue weighted by atomic mass is 15.3. The Hall–Kier alpha value is -2.29. The van der Waals surface area contributed by atoms with Crippen LogP contribution in [0, 0.1) is 0 Å². The van der Waals surface area contributed by atoms with Gasteiger partial charge in [0, 0.05) is 24.0 Å². The van der Waals surface area contributed by atoms with Crippen molar-refractivity contribution in [1.29, 1.82) is 0 Å². The van der Waals surface area contributed by atoms with Gasteiger partial charge in [0.25, 0.3) is 0 Å². The van der Waals surface area contributed by atoms with Gasteiger partial charge in [0.15, 0.2) is 0 Å². The average Bonchev–Trinajstić information content (AvgIpc) is 2.87. The first-order valence-electron chi connectivity index (χ1n) is 6.58. The standard InChI is InChI=1S/C16H17N3/c1-2-7-19-11-15(10-18-19)13-3-4-14-9-16(17)6-5-12(14)8-13/h3-6,8-11H,2,7,17H2,1H3. The van der Waals surface area contributed by atoms with Crippen LogP contribution < -0.4 is 5.73 Å². The van der Waals surface area contributed by atoms with Crippen LogP contribution in [0.3, 0.4) is 0 Å². The second-order valence-electron chi connectivity index (χ2n) is 4.81. The first-order chi connectivity index (χ1) is 9.26. The van der Waals surface area contributed by atoms with E-state index in [0.29, 0.717) is 0 Å². The predicted octanol–water partition coefficient (Wildman–Crippen LogP) is 3.70. The molecular weight excluding hydrogens is 234 g/mol. The number of nitrogen functional groups attached to an aromatic ring is 1. The van der Waals surface area contributed by atoms with Gasteiger partial charge in [-0.25, -0.2) is 0 Å². The number of rotatable bonds is 3. The monoisotopic (exact) mass is 251 g/mol. The van der Waals surface area contributed by atoms with Gasteiger partial charge in [-0.3, -0.25) is 4.68 Å². The summed E-state index contributed by atoms with van der Waals surface area (Å²) in [6, 6.07) is 12.4. The van der Waals surface area contributed by atoms with E-state index in [-0.39, 0.29) is 0 Å². The van der Waals surface area contributed by atoms with Crippen LogP contribution in [0.5, 0.6) is 0 Å². The molecule has 0 spiro atoms. The third-order valence-electron chi connectivity index (χ3n) is 3.28. The number of fused-ring (bicyclic) bond motifs is 1. The number of benzene rings is 2. The van der Waals surface area contributed by atoms with E-state index in [1.54, 1.807) is 0 Å². The molecule has 3 nitrogen and oxygen atoms in total. The molecule has 3 aromatic rings. The normalized spacial score (nSPS) is 11.0. The highest BCUT2D eigenvalue weighted by molar-refractivity contribution is 5.89. The predicted molar refractivity (Wildman–Crippen MR) is 79.9 cm³/mol. The Morgan fingerprint density at radius 3 is 2.68 bits per heavy atom. The lowest BCUT2D eigenvalue weighted by atomic mass is 10.0. The maximum atomic E-state index is 5.80. The molecule has 0 atom stereocenters. The molecule has 0 fully saturated rings. The maximum Gasteiger partial charge on any atom is 0.0568 e. The summed E-state index contributed by atoms with van der Waals surface area (Å²) in [6.07, 6.45) is 5.12. The quantitative estimate of drug-likeness (QED) is 0.721. The topological polar surface area (TPSA) is 43.8 Å². The molecule has 0 amide bonds. The summed E-state index contributed by atoms with van der Waals surface area (Å²) in [5, 5.41) is 6.75. The lowest BCUT2D eigenvalue weighted by Crippen LogP contribution is -1.95. The summed E-state index contributed by atoms with van der Waals surface area (Å²) in [6.45, 7) is 3.12. The zero-order valence-corrected chi connectivity index (χ0v) is 11.0. The van der Waals surface area contributed by atoms with Crippen LogP contribution >= 0.6 is 0 Å². The Balaban J connectivity index is 2.02. The first-order valence-corrected chi connectivity index (χ1v) is 6.58. The van der Waals surface area contributed by atoms with Gasteiger partial charge in [0.05, 0.1) is 6.20 Å². The maximum absolute atomic E-state index is 5.80. The van der Waals surface area contributed by atoms with Gasteiger partial charge in [-0.05, 0) is 41.0 Å². The van der Waals surface area contributed by atoms with Crippen molar-refractivity contribution in [1.82, 2.24) is 9.78 Å². The van der Waals surface area contributed by atoms with Crippen molar-refractivity contribution in [2.24, 2.45) is 0 Å². The summed E-state index contributed by atoms with van der Waals surface area (Å²) in [5.41, 5.74) is 8.95. The van der Waals surface area contributed by atoms with Gasteiger partial charge >= 0.3 is 0 Å². The van der Waals surface area contributed by atoms with E-state index >= 15 is 0 Å². The van der Waals surface area contributed by atoms with Crippen molar-refractivity contribution in [3.05, 3.63) is 48.8 Å². The number of hydrogen-bond donors (Lipinski definition) is 1. The molecule has 3 rings (SSSR count). The van der Waals surface area contributed by atoms with Crippen molar-refractivity contribution in [2.45, 2.75) is 19.9 Å². The zero-order valence-electron chi connectivity index (χ0n) is 11.0. The summed E-state index contributed by atoms with van der Waals surface area (Å²) >= 11 is 0. The van der Waals surface area contributed by atoms with Crippen molar-refractivity contribution >= 4 is 16.5 Å². The summed E-state index contributed by atoms with van der Waals surface area (Å²) in [7, 11) is 0. The molecular formula is C16H17N3. The van der Waals surface area contributed by atoms with Crippen molar-refractivity contribution in [3.8, 4) is 11.1 Å². The van der Waals surface area contributed by atoms with Crippen LogP contribution in [0.15, 0.2) is 48.8 Å². The van der Waals surface area contributed by atoms with Crippen LogP contribution in [0.4, 0.5) is 5.69 Å². The van der Waals surface area contributed by atoms with Crippen molar-refractivity contribution in [3.63, 3.8) is 0 Å². The molecule has 0 saturated carbocycles. The first kappa shape index (κ1) is 11.8. The molecule has 0 bridgehead atoms. The molecule has 1 heterocycles. The van der Waals surface area contributed by atoms with E-state index in [0.717, 1.165) is 24.2 Å². The van der Waals surface area contributed by atoms with Gasteiger partial charge in [0.1, 0.15) is 0 Å². The van der Waals surface area contributed by atoms with Crippen LogP contribution in [0.25, 0.3) is 21.9 Å². The Bertz CT molecular complexity index is 713. The van der Waals surface area contributed by atoms with Gasteiger partial charge in [-0.1, -0.05) is 25.1 Å². The zero-order chi connectivity index (χ0) is 13.2. The van der Waals surface area contributed by atoms with Crippen LogP contribution in [-0.2, 0) is 6.54 Å². The molecule has 3 heteroatoms. The van der Waals surface area contributed by atoms with E-state index in [9.17, 15) is 0 Å². The number of aromatic nitrogens is 2. The van der Waals surface area contributed by atoms with Gasteiger partial charge in [-0.2, -0.15) is 5.10 Å². The minimum Gasteiger partial charge on any atom is -0.399 e. The molecule has 96 valence electrons. The fraction of sp³-hybridized carbons (Fsp3) is 0.188. The number of hydrogen-bond acceptors (Lipinski definition) is 2. The number of anilines is 1. The molecule has 0 aliphatic carbocycles. The largest absolute Gasteiger partial charge is 0.399 e. The van der Waals surface area contributed by atoms with Gasteiger partial charge in [-0.15, -0.1) is 0 Å². The van der Waals surface area contributed by atoms with Gasteiger partial charge in [0.2, 0.25) is 0 Å². The van der Waals surface area contributed by atoms with Gasteiger partial charge < -0.3 is 5.73 Å². The Labute approximate surface area is 112 Å². The number of nitrogens with two attached hydrogens (primary N) is 1. The Kier molecular flexibility index (Phi) is 2.95. The summed E-state index contributed by atoms with van der Waals surface area (Å²) < 4.78 is 1.99. The Morgan fingerprint density at radius 1 is 1.05 bits per heavy atom. The third kappa shape index (κ3) is 2.32. The second-order valence-corrected chi connectivity index (χ2v) is 4.81. The molecule has 2 aromatic carbocycles. The van der Waals surface area contributed by atoms with E-state index in [1.807, 2.05) is 23.0 Å². The fourth-order valence-corrected chi connectivity index (χ4v) is 2.31. The molecule has 2 N–H and O–H groups in total. The number of nitrogens with zero attached hydrogens (tertiary/aromatic N) is 2. The summed E-state index contributed by atoms with van der Waals surface area (Å²) in [5.74, 6) is 0. The minimum atomic E-state index is 0.802. The lowest BCUT2D eigenvalue weighted by molar-refractivity contribution is 0.603. The van der Waals surface area contributed by atoms with E-state index in [2.05, 4.69) is 42.5 Å². The molecule has 0 aliphatic heterocycles. The van der Waals surface area contributed by atoms with Crippen molar-refractivity contribution < 1.29 is 0 Å². The second kappa shape index (κ2) is 4.76. The van der Waals surface area contributed by atoms with Crippen LogP contribution in [0.1, 0.15) is 13.3 Å². The number of aryl methyl sites for hydroxylation is 1. The van der Waals surface area contributed by atoms with Crippen LogP contribution in [-0.4, -0.2) is 9.78 Å². The van der Waals surface area contributed by atoms with E-state index in [1.165, 1.54) is 16.3 Å². The molecule has 0 unspecified atom stereocenters. The highest BCUT2D eigenvalue weighted by Gasteiger charge is 2.03. The van der Waals surface area contributed by atoms with Crippen LogP contribution in [0.2, 0.25) is 0 Å². The Morgan fingerprint density at radius 2 is 1.84 bits per heavy atom. The molecule has 0 aliphatic rings. The minimum absolute atomic E-state index is 0.802. The molecule has 0 radical (unpaired) electrons. The fourth-order valence-electron chi connectivity index (χ4n) is 2.31. The third-order valence-corrected chi connectivity index (χ3v) is 3.28. The molecule has 0 saturated heterocycles. The van der Waals surface area contributed by atoms with E-state index < -0.39 is 0 Å². The average molecular weight is 251 g/mol. The molecule has 1 aromatic heterocycles. The lowest BCUT2D eigenvalue weighted by Gasteiger charge is -2.03. The summed E-state index contributed by atoms with van der Waals surface area (Å²) in [4.78, 5) is 0. The highest BCUT2D eigenvalue weighted by Crippen LogP contribution is 2.25. The smallest absolute Gasteiger partial charge is 0.0568 e. The van der Waals surface area contributed by atoms with Crippen molar-refractivity contribution in [2.75, 3.05) is 5.73 Å². The SMILES string of the molecule is CCCn1cc(-c2ccc3cc(N)ccc3c2)cn1. The van der Waals surface area contributed by atoms with E-state index in [4.69, 9.17) is 5.73 Å².